The van der Waals surface area contributed by atoms with Crippen LogP contribution < -0.4 is 16.2 Å². The van der Waals surface area contributed by atoms with Crippen LogP contribution in [0.2, 0.25) is 0 Å². The van der Waals surface area contributed by atoms with E-state index >= 15 is 0 Å². The molecule has 8 heteroatoms. The van der Waals surface area contributed by atoms with Gasteiger partial charge in [-0.25, -0.2) is 9.97 Å². The number of hydrogen-bond donors (Lipinski definition) is 3. The quantitative estimate of drug-likeness (QED) is 0.316. The average molecular weight is 402 g/mol. The molecule has 3 rings (SSSR count). The zero-order valence-corrected chi connectivity index (χ0v) is 17.3. The number of anilines is 1. The maximum absolute atomic E-state index is 5.27. The summed E-state index contributed by atoms with van der Waals surface area (Å²) in [6.45, 7) is 5.67. The van der Waals surface area contributed by atoms with Crippen LogP contribution in [0.15, 0.2) is 30.6 Å². The van der Waals surface area contributed by atoms with E-state index in [9.17, 15) is 0 Å². The fraction of sp³-hybridized carbons (Fsp3) is 0.316. The van der Waals surface area contributed by atoms with Crippen LogP contribution in [0.3, 0.4) is 0 Å². The molecule has 27 heavy (non-hydrogen) atoms. The third-order valence-corrected chi connectivity index (χ3v) is 5.35. The van der Waals surface area contributed by atoms with Crippen LogP contribution in [-0.2, 0) is 4.74 Å². The molecular formula is C19H23N5OS2. The number of rotatable bonds is 7. The molecule has 0 atom stereocenters. The van der Waals surface area contributed by atoms with Crippen molar-refractivity contribution in [2.45, 2.75) is 20.3 Å². The molecule has 2 aromatic heterocycles. The zero-order chi connectivity index (χ0) is 19.2. The topological polar surface area (TPSA) is 71.1 Å². The fourth-order valence-electron chi connectivity index (χ4n) is 2.78. The standard InChI is InChI=1S/C19H23N5OS2/c1-12-7-13(2)9-14(8-12)16-10-15-17(27-16)18(22-11-21-15)23-24-19(26)20-5-4-6-25-3/h7-11H,4-6H2,1-3H3,(H2,20,24,26)(H,21,22,23). The summed E-state index contributed by atoms with van der Waals surface area (Å²) >= 11 is 6.93. The van der Waals surface area contributed by atoms with Crippen LogP contribution in [0.5, 0.6) is 0 Å². The largest absolute Gasteiger partial charge is 0.385 e. The molecule has 0 saturated carbocycles. The Hall–Kier alpha value is -2.29. The molecule has 2 heterocycles. The van der Waals surface area contributed by atoms with Crippen LogP contribution >= 0.6 is 23.6 Å². The van der Waals surface area contributed by atoms with Crippen molar-refractivity contribution < 1.29 is 4.74 Å². The first kappa shape index (κ1) is 19.5. The fourth-order valence-corrected chi connectivity index (χ4v) is 3.98. The monoisotopic (exact) mass is 401 g/mol. The number of nitrogens with one attached hydrogen (secondary N) is 3. The second-order valence-corrected chi connectivity index (χ2v) is 7.74. The maximum Gasteiger partial charge on any atom is 0.185 e. The van der Waals surface area contributed by atoms with Gasteiger partial charge in [-0.1, -0.05) is 29.3 Å². The highest BCUT2D eigenvalue weighted by atomic mass is 32.1. The SMILES string of the molecule is COCCCNC(=S)NNc1ncnc2cc(-c3cc(C)cc(C)c3)sc12. The molecule has 142 valence electrons. The Morgan fingerprint density at radius 1 is 1.15 bits per heavy atom. The van der Waals surface area contributed by atoms with Crippen molar-refractivity contribution in [1.29, 1.82) is 0 Å². The van der Waals surface area contributed by atoms with Crippen molar-refractivity contribution in [3.8, 4) is 10.4 Å². The summed E-state index contributed by atoms with van der Waals surface area (Å²) in [6.07, 6.45) is 2.44. The third kappa shape index (κ3) is 5.12. The second kappa shape index (κ2) is 9.07. The van der Waals surface area contributed by atoms with E-state index in [2.05, 4.69) is 64.2 Å². The highest BCUT2D eigenvalue weighted by molar-refractivity contribution is 7.80. The molecule has 6 nitrogen and oxygen atoms in total. The van der Waals surface area contributed by atoms with Crippen LogP contribution in [0.4, 0.5) is 5.82 Å². The first-order valence-electron chi connectivity index (χ1n) is 8.69. The van der Waals surface area contributed by atoms with Gasteiger partial charge in [0.25, 0.3) is 0 Å². The number of aromatic nitrogens is 2. The van der Waals surface area contributed by atoms with Crippen molar-refractivity contribution >= 4 is 44.7 Å². The smallest absolute Gasteiger partial charge is 0.185 e. The van der Waals surface area contributed by atoms with Gasteiger partial charge in [-0.2, -0.15) is 0 Å². The van der Waals surface area contributed by atoms with Gasteiger partial charge in [-0.05, 0) is 44.1 Å². The Bertz CT molecular complexity index is 921. The summed E-state index contributed by atoms with van der Waals surface area (Å²) < 4.78 is 6.01. The van der Waals surface area contributed by atoms with E-state index in [1.54, 1.807) is 24.8 Å². The van der Waals surface area contributed by atoms with E-state index in [1.165, 1.54) is 21.6 Å². The number of hydrazine groups is 1. The van der Waals surface area contributed by atoms with Crippen molar-refractivity contribution in [3.63, 3.8) is 0 Å². The summed E-state index contributed by atoms with van der Waals surface area (Å²) in [4.78, 5) is 9.92. The molecule has 0 aliphatic rings. The van der Waals surface area contributed by atoms with Gasteiger partial charge in [0.2, 0.25) is 0 Å². The number of fused-ring (bicyclic) bond motifs is 1. The predicted octanol–water partition coefficient (Wildman–Crippen LogP) is 3.80. The van der Waals surface area contributed by atoms with E-state index in [1.807, 2.05) is 0 Å². The minimum Gasteiger partial charge on any atom is -0.385 e. The Kier molecular flexibility index (Phi) is 6.54. The summed E-state index contributed by atoms with van der Waals surface area (Å²) in [6, 6.07) is 8.65. The minimum absolute atomic E-state index is 0.518. The number of methoxy groups -OCH3 is 1. The van der Waals surface area contributed by atoms with Crippen molar-refractivity contribution in [3.05, 3.63) is 41.7 Å². The Balaban J connectivity index is 1.73. The molecule has 1 aromatic carbocycles. The number of benzene rings is 1. The van der Waals surface area contributed by atoms with E-state index < -0.39 is 0 Å². The van der Waals surface area contributed by atoms with E-state index in [0.717, 1.165) is 23.2 Å². The molecule has 0 radical (unpaired) electrons. The Morgan fingerprint density at radius 3 is 2.67 bits per heavy atom. The normalized spacial score (nSPS) is 10.8. The highest BCUT2D eigenvalue weighted by Crippen LogP contribution is 2.36. The van der Waals surface area contributed by atoms with Crippen LogP contribution in [-0.4, -0.2) is 35.3 Å². The lowest BCUT2D eigenvalue weighted by molar-refractivity contribution is 0.195. The van der Waals surface area contributed by atoms with Gasteiger partial charge in [-0.3, -0.25) is 10.9 Å². The number of aryl methyl sites for hydroxylation is 2. The summed E-state index contributed by atoms with van der Waals surface area (Å²) in [7, 11) is 1.69. The third-order valence-electron chi connectivity index (χ3n) is 3.92. The molecule has 0 bridgehead atoms. The molecule has 0 spiro atoms. The molecule has 0 saturated heterocycles. The lowest BCUT2D eigenvalue weighted by atomic mass is 10.1. The predicted molar refractivity (Wildman–Crippen MR) is 116 cm³/mol. The maximum atomic E-state index is 5.27. The van der Waals surface area contributed by atoms with Gasteiger partial charge in [-0.15, -0.1) is 11.3 Å². The van der Waals surface area contributed by atoms with Gasteiger partial charge in [0.05, 0.1) is 10.2 Å². The zero-order valence-electron chi connectivity index (χ0n) is 15.6. The van der Waals surface area contributed by atoms with Crippen molar-refractivity contribution in [1.82, 2.24) is 20.7 Å². The van der Waals surface area contributed by atoms with Gasteiger partial charge in [0.1, 0.15) is 6.33 Å². The van der Waals surface area contributed by atoms with E-state index in [0.29, 0.717) is 17.5 Å². The molecule has 3 N–H and O–H groups in total. The number of ether oxygens (including phenoxy) is 1. The minimum atomic E-state index is 0.518. The van der Waals surface area contributed by atoms with Crippen LogP contribution in [0, 0.1) is 13.8 Å². The lowest BCUT2D eigenvalue weighted by Crippen LogP contribution is -2.39. The molecule has 0 aliphatic heterocycles. The Labute approximate surface area is 168 Å². The first-order chi connectivity index (χ1) is 13.1. The molecule has 0 unspecified atom stereocenters. The molecule has 0 fully saturated rings. The second-order valence-electron chi connectivity index (χ2n) is 6.28. The van der Waals surface area contributed by atoms with Crippen molar-refractivity contribution in [2.24, 2.45) is 0 Å². The average Bonchev–Trinajstić information content (AvgIpc) is 3.08. The van der Waals surface area contributed by atoms with Crippen LogP contribution in [0.25, 0.3) is 20.7 Å². The first-order valence-corrected chi connectivity index (χ1v) is 9.91. The van der Waals surface area contributed by atoms with E-state index in [4.69, 9.17) is 17.0 Å². The number of thiophene rings is 1. The highest BCUT2D eigenvalue weighted by Gasteiger charge is 2.11. The molecular weight excluding hydrogens is 378 g/mol. The number of thiocarbonyl (C=S) groups is 1. The van der Waals surface area contributed by atoms with E-state index in [-0.39, 0.29) is 0 Å². The van der Waals surface area contributed by atoms with Crippen molar-refractivity contribution in [2.75, 3.05) is 25.7 Å². The van der Waals surface area contributed by atoms with Gasteiger partial charge in [0, 0.05) is 25.1 Å². The van der Waals surface area contributed by atoms with Gasteiger partial charge in [0.15, 0.2) is 10.9 Å². The Morgan fingerprint density at radius 2 is 1.93 bits per heavy atom. The number of hydrogen-bond acceptors (Lipinski definition) is 6. The summed E-state index contributed by atoms with van der Waals surface area (Å²) in [5, 5.41) is 3.63. The number of nitrogens with zero attached hydrogens (tertiary/aromatic N) is 2. The summed E-state index contributed by atoms with van der Waals surface area (Å²) in [5.41, 5.74) is 10.7. The molecule has 3 aromatic rings. The summed E-state index contributed by atoms with van der Waals surface area (Å²) in [5.74, 6) is 0.710. The lowest BCUT2D eigenvalue weighted by Gasteiger charge is -2.11. The van der Waals surface area contributed by atoms with Gasteiger partial charge >= 0.3 is 0 Å². The van der Waals surface area contributed by atoms with Gasteiger partial charge < -0.3 is 10.1 Å². The van der Waals surface area contributed by atoms with Crippen LogP contribution in [0.1, 0.15) is 17.5 Å². The molecule has 0 aliphatic carbocycles. The molecule has 0 amide bonds.